The molecule has 2 aromatic carbocycles. The summed E-state index contributed by atoms with van der Waals surface area (Å²) in [7, 11) is 0. The summed E-state index contributed by atoms with van der Waals surface area (Å²) in [5.74, 6) is -2.45. The second-order valence-corrected chi connectivity index (χ2v) is 7.77. The SMILES string of the molecule is CC1=NC2=C(C(=O)CCC2)C(c2ccccc2F)C1C(=O)OCCc1ccccc1. The Morgan fingerprint density at radius 3 is 2.60 bits per heavy atom. The van der Waals surface area contributed by atoms with Crippen LogP contribution in [0.4, 0.5) is 4.39 Å². The topological polar surface area (TPSA) is 55.7 Å². The molecule has 0 N–H and O–H groups in total. The lowest BCUT2D eigenvalue weighted by atomic mass is 9.71. The highest BCUT2D eigenvalue weighted by atomic mass is 19.1. The van der Waals surface area contributed by atoms with Crippen LogP contribution < -0.4 is 0 Å². The standard InChI is InChI=1S/C25H24FNO3/c1-16-22(25(29)30-15-14-17-8-3-2-4-9-17)23(18-10-5-6-11-19(18)26)24-20(27-16)12-7-13-21(24)28/h2-6,8-11,22-23H,7,12-15H2,1H3. The first kappa shape index (κ1) is 20.2. The minimum absolute atomic E-state index is 0.0529. The number of carbonyl (C=O) groups is 2. The van der Waals surface area contributed by atoms with E-state index >= 15 is 0 Å². The molecule has 154 valence electrons. The number of carbonyl (C=O) groups excluding carboxylic acids is 2. The largest absolute Gasteiger partial charge is 0.465 e. The highest BCUT2D eigenvalue weighted by molar-refractivity contribution is 6.08. The van der Waals surface area contributed by atoms with E-state index in [1.807, 2.05) is 30.3 Å². The molecule has 0 bridgehead atoms. The van der Waals surface area contributed by atoms with Crippen LogP contribution in [0.3, 0.4) is 0 Å². The van der Waals surface area contributed by atoms with Crippen LogP contribution in [-0.2, 0) is 20.7 Å². The van der Waals surface area contributed by atoms with Crippen LogP contribution in [0.25, 0.3) is 0 Å². The Morgan fingerprint density at radius 2 is 1.83 bits per heavy atom. The zero-order valence-electron chi connectivity index (χ0n) is 16.9. The van der Waals surface area contributed by atoms with E-state index in [0.717, 1.165) is 12.0 Å². The molecule has 2 aromatic rings. The Balaban J connectivity index is 1.64. The van der Waals surface area contributed by atoms with E-state index < -0.39 is 23.6 Å². The smallest absolute Gasteiger partial charge is 0.315 e. The molecule has 0 saturated heterocycles. The van der Waals surface area contributed by atoms with Gasteiger partial charge in [-0.1, -0.05) is 48.5 Å². The summed E-state index contributed by atoms with van der Waals surface area (Å²) in [6.07, 6.45) is 2.38. The third-order valence-corrected chi connectivity index (χ3v) is 5.81. The van der Waals surface area contributed by atoms with Crippen molar-refractivity contribution in [3.63, 3.8) is 0 Å². The molecule has 1 aliphatic carbocycles. The molecular formula is C25H24FNO3. The van der Waals surface area contributed by atoms with E-state index in [0.29, 0.717) is 41.8 Å². The van der Waals surface area contributed by atoms with Crippen LogP contribution in [0, 0.1) is 11.7 Å². The number of benzene rings is 2. The predicted octanol–water partition coefficient (Wildman–Crippen LogP) is 4.79. The van der Waals surface area contributed by atoms with Crippen molar-refractivity contribution in [2.24, 2.45) is 10.9 Å². The summed E-state index contributed by atoms with van der Waals surface area (Å²) in [6, 6.07) is 16.1. The predicted molar refractivity (Wildman–Crippen MR) is 113 cm³/mol. The van der Waals surface area contributed by atoms with Crippen molar-refractivity contribution in [1.82, 2.24) is 0 Å². The molecule has 0 aromatic heterocycles. The number of esters is 1. The fourth-order valence-electron chi connectivity index (χ4n) is 4.38. The molecule has 2 aliphatic rings. The summed E-state index contributed by atoms with van der Waals surface area (Å²) in [5, 5.41) is 0. The van der Waals surface area contributed by atoms with Gasteiger partial charge in [-0.05, 0) is 37.0 Å². The first-order chi connectivity index (χ1) is 14.6. The van der Waals surface area contributed by atoms with Crippen molar-refractivity contribution >= 4 is 17.5 Å². The molecule has 4 nitrogen and oxygen atoms in total. The lowest BCUT2D eigenvalue weighted by Gasteiger charge is -2.34. The van der Waals surface area contributed by atoms with Gasteiger partial charge in [0.1, 0.15) is 11.7 Å². The van der Waals surface area contributed by atoms with Crippen molar-refractivity contribution in [2.45, 2.75) is 38.5 Å². The van der Waals surface area contributed by atoms with E-state index in [2.05, 4.69) is 4.99 Å². The summed E-state index contributed by atoms with van der Waals surface area (Å²) in [6.45, 7) is 1.98. The van der Waals surface area contributed by atoms with Gasteiger partial charge in [0.15, 0.2) is 5.78 Å². The van der Waals surface area contributed by atoms with Crippen molar-refractivity contribution in [3.8, 4) is 0 Å². The maximum absolute atomic E-state index is 14.8. The fourth-order valence-corrected chi connectivity index (χ4v) is 4.38. The fraction of sp³-hybridized carbons (Fsp3) is 0.320. The normalized spacial score (nSPS) is 21.1. The molecule has 0 saturated carbocycles. The summed E-state index contributed by atoms with van der Waals surface area (Å²) < 4.78 is 20.4. The second-order valence-electron chi connectivity index (χ2n) is 7.77. The van der Waals surface area contributed by atoms with E-state index in [1.54, 1.807) is 25.1 Å². The minimum Gasteiger partial charge on any atom is -0.465 e. The number of ketones is 1. The number of aliphatic imine (C=N–C) groups is 1. The maximum Gasteiger partial charge on any atom is 0.315 e. The van der Waals surface area contributed by atoms with Crippen LogP contribution in [-0.4, -0.2) is 24.1 Å². The highest BCUT2D eigenvalue weighted by Crippen LogP contribution is 2.44. The Kier molecular flexibility index (Phi) is 5.88. The maximum atomic E-state index is 14.8. The van der Waals surface area contributed by atoms with Crippen molar-refractivity contribution in [3.05, 3.63) is 82.8 Å². The summed E-state index contributed by atoms with van der Waals surface area (Å²) in [4.78, 5) is 30.5. The quantitative estimate of drug-likeness (QED) is 0.672. The van der Waals surface area contributed by atoms with E-state index in [4.69, 9.17) is 4.74 Å². The van der Waals surface area contributed by atoms with Gasteiger partial charge in [-0.15, -0.1) is 0 Å². The molecule has 1 aliphatic heterocycles. The van der Waals surface area contributed by atoms with Gasteiger partial charge in [-0.3, -0.25) is 14.6 Å². The molecule has 0 fully saturated rings. The monoisotopic (exact) mass is 405 g/mol. The first-order valence-corrected chi connectivity index (χ1v) is 10.3. The third-order valence-electron chi connectivity index (χ3n) is 5.81. The van der Waals surface area contributed by atoms with Crippen LogP contribution in [0.1, 0.15) is 43.2 Å². The molecule has 5 heteroatoms. The number of Topliss-reactive ketones (excluding diaryl/α,β-unsaturated/α-hetero) is 1. The van der Waals surface area contributed by atoms with Crippen LogP contribution in [0.15, 0.2) is 70.9 Å². The number of rotatable bonds is 5. The highest BCUT2D eigenvalue weighted by Gasteiger charge is 2.44. The molecule has 2 atom stereocenters. The lowest BCUT2D eigenvalue weighted by Crippen LogP contribution is -2.37. The van der Waals surface area contributed by atoms with Gasteiger partial charge in [0.25, 0.3) is 0 Å². The van der Waals surface area contributed by atoms with Crippen molar-refractivity contribution in [2.75, 3.05) is 6.61 Å². The van der Waals surface area contributed by atoms with E-state index in [-0.39, 0.29) is 12.4 Å². The van der Waals surface area contributed by atoms with E-state index in [9.17, 15) is 14.0 Å². The van der Waals surface area contributed by atoms with Crippen molar-refractivity contribution in [1.29, 1.82) is 0 Å². The van der Waals surface area contributed by atoms with Crippen LogP contribution >= 0.6 is 0 Å². The van der Waals surface area contributed by atoms with Crippen LogP contribution in [0.2, 0.25) is 0 Å². The Bertz CT molecular complexity index is 1030. The molecule has 0 amide bonds. The molecule has 0 radical (unpaired) electrons. The zero-order chi connectivity index (χ0) is 21.1. The number of nitrogens with zero attached hydrogens (tertiary/aromatic N) is 1. The Hall–Kier alpha value is -3.08. The van der Waals surface area contributed by atoms with Gasteiger partial charge in [0.05, 0.1) is 6.61 Å². The van der Waals surface area contributed by atoms with Crippen molar-refractivity contribution < 1.29 is 18.7 Å². The molecule has 2 unspecified atom stereocenters. The van der Waals surface area contributed by atoms with Gasteiger partial charge in [-0.2, -0.15) is 0 Å². The second kappa shape index (κ2) is 8.74. The Labute approximate surface area is 175 Å². The summed E-state index contributed by atoms with van der Waals surface area (Å²) >= 11 is 0. The Morgan fingerprint density at radius 1 is 1.10 bits per heavy atom. The lowest BCUT2D eigenvalue weighted by molar-refractivity contribution is -0.146. The number of ether oxygens (including phenoxy) is 1. The summed E-state index contributed by atoms with van der Waals surface area (Å²) in [5.41, 5.74) is 3.14. The molecule has 1 heterocycles. The first-order valence-electron chi connectivity index (χ1n) is 10.3. The number of hydrogen-bond donors (Lipinski definition) is 0. The zero-order valence-corrected chi connectivity index (χ0v) is 16.9. The molecule has 4 rings (SSSR count). The van der Waals surface area contributed by atoms with Gasteiger partial charge < -0.3 is 4.74 Å². The minimum atomic E-state index is -0.807. The van der Waals surface area contributed by atoms with Crippen LogP contribution in [0.5, 0.6) is 0 Å². The molecular weight excluding hydrogens is 381 g/mol. The average molecular weight is 405 g/mol. The van der Waals surface area contributed by atoms with E-state index in [1.165, 1.54) is 6.07 Å². The van der Waals surface area contributed by atoms with Gasteiger partial charge in [-0.25, -0.2) is 4.39 Å². The number of halogens is 1. The average Bonchev–Trinajstić information content (AvgIpc) is 2.74. The number of hydrogen-bond acceptors (Lipinski definition) is 4. The third kappa shape index (κ3) is 3.97. The molecule has 0 spiro atoms. The molecule has 30 heavy (non-hydrogen) atoms. The number of allylic oxidation sites excluding steroid dienone is 2. The van der Waals surface area contributed by atoms with Gasteiger partial charge in [0, 0.05) is 35.7 Å². The van der Waals surface area contributed by atoms with Gasteiger partial charge >= 0.3 is 5.97 Å². The van der Waals surface area contributed by atoms with Gasteiger partial charge in [0.2, 0.25) is 0 Å².